The van der Waals surface area contributed by atoms with E-state index < -0.39 is 0 Å². The van der Waals surface area contributed by atoms with Gasteiger partial charge in [0.05, 0.1) is 13.3 Å². The zero-order valence-corrected chi connectivity index (χ0v) is 18.4. The zero-order valence-electron chi connectivity index (χ0n) is 18.4. The number of ether oxygens (including phenoxy) is 2. The molecule has 0 heterocycles. The first-order chi connectivity index (χ1) is 14.9. The Morgan fingerprint density at radius 2 is 1.68 bits per heavy atom. The molecule has 0 fully saturated rings. The van der Waals surface area contributed by atoms with Crippen LogP contribution in [0.25, 0.3) is 0 Å². The second-order valence-electron chi connectivity index (χ2n) is 8.21. The molecule has 0 unspecified atom stereocenters. The lowest BCUT2D eigenvalue weighted by atomic mass is 9.87. The highest BCUT2D eigenvalue weighted by atomic mass is 16.5. The number of rotatable bonds is 7. The SMILES string of the molecule is COc1cc(/C=N/NC(=O)c2ccc(C(C)(C)C)cc2)ccc1OCc1ccccc1. The van der Waals surface area contributed by atoms with Crippen LogP contribution < -0.4 is 14.9 Å². The minimum absolute atomic E-state index is 0.0448. The fourth-order valence-electron chi connectivity index (χ4n) is 2.97. The van der Waals surface area contributed by atoms with E-state index in [-0.39, 0.29) is 11.3 Å². The lowest BCUT2D eigenvalue weighted by Crippen LogP contribution is -2.18. The Morgan fingerprint density at radius 3 is 2.32 bits per heavy atom. The van der Waals surface area contributed by atoms with Crippen molar-refractivity contribution < 1.29 is 14.3 Å². The van der Waals surface area contributed by atoms with Crippen molar-refractivity contribution in [2.24, 2.45) is 5.10 Å². The number of nitrogens with one attached hydrogen (secondary N) is 1. The zero-order chi connectivity index (χ0) is 22.3. The van der Waals surface area contributed by atoms with Crippen molar-refractivity contribution in [1.82, 2.24) is 5.43 Å². The van der Waals surface area contributed by atoms with Gasteiger partial charge in [-0.2, -0.15) is 5.10 Å². The van der Waals surface area contributed by atoms with E-state index in [0.29, 0.717) is 23.7 Å². The molecule has 0 saturated carbocycles. The second kappa shape index (κ2) is 9.94. The summed E-state index contributed by atoms with van der Waals surface area (Å²) in [5.74, 6) is 0.988. The number of hydrogen-bond acceptors (Lipinski definition) is 4. The molecular formula is C26H28N2O3. The predicted molar refractivity (Wildman–Crippen MR) is 124 cm³/mol. The first-order valence-corrected chi connectivity index (χ1v) is 10.2. The third kappa shape index (κ3) is 6.19. The predicted octanol–water partition coefficient (Wildman–Crippen LogP) is 5.34. The summed E-state index contributed by atoms with van der Waals surface area (Å²) >= 11 is 0. The Hall–Kier alpha value is -3.60. The first kappa shape index (κ1) is 22.1. The molecule has 0 saturated heterocycles. The summed E-state index contributed by atoms with van der Waals surface area (Å²) in [6.07, 6.45) is 1.57. The van der Waals surface area contributed by atoms with Gasteiger partial charge in [0.15, 0.2) is 11.5 Å². The molecule has 3 aromatic rings. The fourth-order valence-corrected chi connectivity index (χ4v) is 2.97. The maximum atomic E-state index is 12.3. The standard InChI is InChI=1S/C26H28N2O3/c1-26(2,3)22-13-11-21(12-14-22)25(29)28-27-17-20-10-15-23(24(16-20)30-4)31-18-19-8-6-5-7-9-19/h5-17H,18H2,1-4H3,(H,28,29)/b27-17+. The van der Waals surface area contributed by atoms with Gasteiger partial charge in [-0.15, -0.1) is 0 Å². The third-order valence-corrected chi connectivity index (χ3v) is 4.82. The quantitative estimate of drug-likeness (QED) is 0.418. The third-order valence-electron chi connectivity index (χ3n) is 4.82. The number of hydrogen-bond donors (Lipinski definition) is 1. The highest BCUT2D eigenvalue weighted by Crippen LogP contribution is 2.28. The molecule has 0 aromatic heterocycles. The van der Waals surface area contributed by atoms with Gasteiger partial charge in [0.25, 0.3) is 5.91 Å². The summed E-state index contributed by atoms with van der Waals surface area (Å²) in [7, 11) is 1.59. The molecule has 0 spiro atoms. The Morgan fingerprint density at radius 1 is 0.968 bits per heavy atom. The topological polar surface area (TPSA) is 59.9 Å². The van der Waals surface area contributed by atoms with Crippen LogP contribution in [0.3, 0.4) is 0 Å². The van der Waals surface area contributed by atoms with Crippen LogP contribution in [0.15, 0.2) is 77.9 Å². The van der Waals surface area contributed by atoms with Crippen LogP contribution in [0, 0.1) is 0 Å². The van der Waals surface area contributed by atoms with Gasteiger partial charge in [0.1, 0.15) is 6.61 Å². The van der Waals surface area contributed by atoms with Gasteiger partial charge in [-0.05, 0) is 52.4 Å². The Kier molecular flexibility index (Phi) is 7.08. The van der Waals surface area contributed by atoms with Crippen molar-refractivity contribution in [3.05, 3.63) is 95.1 Å². The van der Waals surface area contributed by atoms with Crippen LogP contribution in [0.4, 0.5) is 0 Å². The number of carbonyl (C=O) groups is 1. The monoisotopic (exact) mass is 416 g/mol. The second-order valence-corrected chi connectivity index (χ2v) is 8.21. The Bertz CT molecular complexity index is 1040. The van der Waals surface area contributed by atoms with Gasteiger partial charge in [0, 0.05) is 5.56 Å². The van der Waals surface area contributed by atoms with Crippen molar-refractivity contribution in [2.45, 2.75) is 32.8 Å². The van der Waals surface area contributed by atoms with E-state index in [2.05, 4.69) is 31.3 Å². The van der Waals surface area contributed by atoms with Crippen molar-refractivity contribution in [3.63, 3.8) is 0 Å². The number of nitrogens with zero attached hydrogens (tertiary/aromatic N) is 1. The molecule has 3 aromatic carbocycles. The molecule has 31 heavy (non-hydrogen) atoms. The lowest BCUT2D eigenvalue weighted by Gasteiger charge is -2.18. The van der Waals surface area contributed by atoms with Gasteiger partial charge < -0.3 is 9.47 Å². The smallest absolute Gasteiger partial charge is 0.271 e. The van der Waals surface area contributed by atoms with Crippen LogP contribution in [0.1, 0.15) is 47.8 Å². The molecule has 3 rings (SSSR count). The maximum absolute atomic E-state index is 12.3. The molecule has 1 amide bonds. The van der Waals surface area contributed by atoms with Crippen molar-refractivity contribution in [2.75, 3.05) is 7.11 Å². The lowest BCUT2D eigenvalue weighted by molar-refractivity contribution is 0.0955. The Balaban J connectivity index is 1.60. The summed E-state index contributed by atoms with van der Waals surface area (Å²) in [4.78, 5) is 12.3. The van der Waals surface area contributed by atoms with Crippen LogP contribution >= 0.6 is 0 Å². The van der Waals surface area contributed by atoms with E-state index in [9.17, 15) is 4.79 Å². The molecule has 5 heteroatoms. The molecule has 1 N–H and O–H groups in total. The molecule has 0 bridgehead atoms. The summed E-state index contributed by atoms with van der Waals surface area (Å²) in [5, 5.41) is 4.07. The average molecular weight is 417 g/mol. The van der Waals surface area contributed by atoms with Gasteiger partial charge in [0.2, 0.25) is 0 Å². The molecule has 0 aliphatic heterocycles. The van der Waals surface area contributed by atoms with E-state index in [4.69, 9.17) is 9.47 Å². The van der Waals surface area contributed by atoms with Gasteiger partial charge in [-0.25, -0.2) is 5.43 Å². The fraction of sp³-hybridized carbons (Fsp3) is 0.231. The van der Waals surface area contributed by atoms with Crippen LogP contribution in [-0.4, -0.2) is 19.2 Å². The van der Waals surface area contributed by atoms with Crippen LogP contribution in [0.5, 0.6) is 11.5 Å². The first-order valence-electron chi connectivity index (χ1n) is 10.2. The molecular weight excluding hydrogens is 388 g/mol. The minimum atomic E-state index is -0.258. The summed E-state index contributed by atoms with van der Waals surface area (Å²) in [6.45, 7) is 6.87. The van der Waals surface area contributed by atoms with Gasteiger partial charge in [-0.1, -0.05) is 63.2 Å². The van der Waals surface area contributed by atoms with Gasteiger partial charge in [-0.3, -0.25) is 4.79 Å². The van der Waals surface area contributed by atoms with E-state index in [0.717, 1.165) is 11.1 Å². The van der Waals surface area contributed by atoms with Gasteiger partial charge >= 0.3 is 0 Å². The highest BCUT2D eigenvalue weighted by molar-refractivity contribution is 5.95. The number of benzene rings is 3. The number of amides is 1. The van der Waals surface area contributed by atoms with E-state index >= 15 is 0 Å². The van der Waals surface area contributed by atoms with Crippen molar-refractivity contribution in [1.29, 1.82) is 0 Å². The van der Waals surface area contributed by atoms with Crippen LogP contribution in [-0.2, 0) is 12.0 Å². The molecule has 0 radical (unpaired) electrons. The molecule has 0 atom stereocenters. The van der Waals surface area contributed by atoms with E-state index in [1.54, 1.807) is 13.3 Å². The Labute approximate surface area is 183 Å². The summed E-state index contributed by atoms with van der Waals surface area (Å²) in [5.41, 5.74) is 6.21. The number of hydrazone groups is 1. The van der Waals surface area contributed by atoms with Crippen molar-refractivity contribution in [3.8, 4) is 11.5 Å². The molecule has 0 aliphatic carbocycles. The molecule has 160 valence electrons. The highest BCUT2D eigenvalue weighted by Gasteiger charge is 2.14. The van der Waals surface area contributed by atoms with E-state index in [1.165, 1.54) is 5.56 Å². The number of methoxy groups -OCH3 is 1. The number of carbonyl (C=O) groups excluding carboxylic acids is 1. The van der Waals surface area contributed by atoms with Crippen LogP contribution in [0.2, 0.25) is 0 Å². The average Bonchev–Trinajstić information content (AvgIpc) is 2.78. The molecule has 5 nitrogen and oxygen atoms in total. The normalized spacial score (nSPS) is 11.4. The van der Waals surface area contributed by atoms with Crippen molar-refractivity contribution >= 4 is 12.1 Å². The summed E-state index contributed by atoms with van der Waals surface area (Å²) in [6, 6.07) is 23.0. The summed E-state index contributed by atoms with van der Waals surface area (Å²) < 4.78 is 11.3. The minimum Gasteiger partial charge on any atom is -0.493 e. The van der Waals surface area contributed by atoms with E-state index in [1.807, 2.05) is 72.8 Å². The largest absolute Gasteiger partial charge is 0.493 e. The molecule has 0 aliphatic rings. The maximum Gasteiger partial charge on any atom is 0.271 e.